The second-order valence-corrected chi connectivity index (χ2v) is 6.66. The van der Waals surface area contributed by atoms with Crippen LogP contribution in [0.1, 0.15) is 17.2 Å². The van der Waals surface area contributed by atoms with Crippen LogP contribution in [-0.2, 0) is 4.74 Å². The number of nitrogens with one attached hydrogen (secondary N) is 1. The SMILES string of the molecule is COc1cccc(OC)c1OCCNCCOC(c1ccccc1)c1ccccc1. The Morgan fingerprint density at radius 1 is 0.667 bits per heavy atom. The van der Waals surface area contributed by atoms with Gasteiger partial charge in [-0.15, -0.1) is 0 Å². The molecule has 0 aromatic heterocycles. The molecule has 0 radical (unpaired) electrons. The van der Waals surface area contributed by atoms with Gasteiger partial charge in [0.05, 0.1) is 20.8 Å². The van der Waals surface area contributed by atoms with Gasteiger partial charge in [0.25, 0.3) is 0 Å². The van der Waals surface area contributed by atoms with Crippen molar-refractivity contribution in [3.8, 4) is 17.2 Å². The van der Waals surface area contributed by atoms with E-state index in [1.165, 1.54) is 0 Å². The predicted molar refractivity (Wildman–Crippen MR) is 119 cm³/mol. The van der Waals surface area contributed by atoms with Crippen LogP contribution in [0.15, 0.2) is 78.9 Å². The maximum Gasteiger partial charge on any atom is 0.203 e. The van der Waals surface area contributed by atoms with Gasteiger partial charge < -0.3 is 24.3 Å². The summed E-state index contributed by atoms with van der Waals surface area (Å²) in [5, 5.41) is 3.36. The molecule has 0 unspecified atom stereocenters. The lowest BCUT2D eigenvalue weighted by Crippen LogP contribution is -2.26. The topological polar surface area (TPSA) is 49.0 Å². The quantitative estimate of drug-likeness (QED) is 0.449. The first-order valence-corrected chi connectivity index (χ1v) is 10.1. The Labute approximate surface area is 178 Å². The van der Waals surface area contributed by atoms with Crippen LogP contribution in [-0.4, -0.2) is 40.5 Å². The summed E-state index contributed by atoms with van der Waals surface area (Å²) in [4.78, 5) is 0. The smallest absolute Gasteiger partial charge is 0.203 e. The predicted octanol–water partition coefficient (Wildman–Crippen LogP) is 4.48. The van der Waals surface area contributed by atoms with E-state index in [9.17, 15) is 0 Å². The van der Waals surface area contributed by atoms with Gasteiger partial charge in [0.2, 0.25) is 5.75 Å². The van der Waals surface area contributed by atoms with Gasteiger partial charge in [-0.3, -0.25) is 0 Å². The maximum atomic E-state index is 6.21. The Kier molecular flexibility index (Phi) is 8.57. The average molecular weight is 408 g/mol. The molecule has 3 aromatic carbocycles. The van der Waals surface area contributed by atoms with Crippen LogP contribution < -0.4 is 19.5 Å². The largest absolute Gasteiger partial charge is 0.493 e. The van der Waals surface area contributed by atoms with Crippen molar-refractivity contribution in [2.24, 2.45) is 0 Å². The third-order valence-corrected chi connectivity index (χ3v) is 4.68. The Balaban J connectivity index is 1.45. The zero-order valence-electron chi connectivity index (χ0n) is 17.5. The molecule has 158 valence electrons. The molecule has 3 rings (SSSR count). The minimum Gasteiger partial charge on any atom is -0.493 e. The third-order valence-electron chi connectivity index (χ3n) is 4.68. The summed E-state index contributed by atoms with van der Waals surface area (Å²) in [5.41, 5.74) is 2.30. The average Bonchev–Trinajstić information content (AvgIpc) is 2.81. The lowest BCUT2D eigenvalue weighted by atomic mass is 10.0. The van der Waals surface area contributed by atoms with Crippen molar-refractivity contribution in [1.29, 1.82) is 0 Å². The highest BCUT2D eigenvalue weighted by atomic mass is 16.5. The molecule has 0 atom stereocenters. The molecule has 0 amide bonds. The Morgan fingerprint density at radius 2 is 1.20 bits per heavy atom. The first kappa shape index (κ1) is 21.7. The summed E-state index contributed by atoms with van der Waals surface area (Å²) >= 11 is 0. The highest BCUT2D eigenvalue weighted by molar-refractivity contribution is 5.51. The van der Waals surface area contributed by atoms with Gasteiger partial charge in [-0.1, -0.05) is 66.7 Å². The van der Waals surface area contributed by atoms with E-state index in [-0.39, 0.29) is 6.10 Å². The van der Waals surface area contributed by atoms with Crippen molar-refractivity contribution in [1.82, 2.24) is 5.32 Å². The zero-order chi connectivity index (χ0) is 21.0. The van der Waals surface area contributed by atoms with Crippen LogP contribution in [0.5, 0.6) is 17.2 Å². The maximum absolute atomic E-state index is 6.21. The van der Waals surface area contributed by atoms with E-state index in [2.05, 4.69) is 29.6 Å². The van der Waals surface area contributed by atoms with Crippen molar-refractivity contribution in [3.05, 3.63) is 90.0 Å². The van der Waals surface area contributed by atoms with Crippen molar-refractivity contribution < 1.29 is 18.9 Å². The molecule has 0 heterocycles. The van der Waals surface area contributed by atoms with Crippen LogP contribution >= 0.6 is 0 Å². The number of rotatable bonds is 12. The number of benzene rings is 3. The lowest BCUT2D eigenvalue weighted by molar-refractivity contribution is 0.0816. The molecular formula is C25H29NO4. The first-order chi connectivity index (χ1) is 14.8. The minimum atomic E-state index is -0.0803. The Morgan fingerprint density at radius 3 is 1.73 bits per heavy atom. The summed E-state index contributed by atoms with van der Waals surface area (Å²) in [7, 11) is 3.24. The highest BCUT2D eigenvalue weighted by Gasteiger charge is 2.14. The fourth-order valence-corrected chi connectivity index (χ4v) is 3.20. The normalized spacial score (nSPS) is 10.8. The van der Waals surface area contributed by atoms with E-state index in [0.717, 1.165) is 17.7 Å². The van der Waals surface area contributed by atoms with E-state index in [1.807, 2.05) is 54.6 Å². The molecule has 0 aliphatic heterocycles. The van der Waals surface area contributed by atoms with Crippen molar-refractivity contribution >= 4 is 0 Å². The molecule has 0 fully saturated rings. The van der Waals surface area contributed by atoms with E-state index < -0.39 is 0 Å². The summed E-state index contributed by atoms with van der Waals surface area (Å²) in [5.74, 6) is 1.94. The second-order valence-electron chi connectivity index (χ2n) is 6.66. The first-order valence-electron chi connectivity index (χ1n) is 10.1. The number of ether oxygens (including phenoxy) is 4. The van der Waals surface area contributed by atoms with Gasteiger partial charge in [0.1, 0.15) is 12.7 Å². The van der Waals surface area contributed by atoms with Crippen molar-refractivity contribution in [2.45, 2.75) is 6.10 Å². The van der Waals surface area contributed by atoms with Gasteiger partial charge in [0, 0.05) is 13.1 Å². The van der Waals surface area contributed by atoms with Gasteiger partial charge >= 0.3 is 0 Å². The van der Waals surface area contributed by atoms with Gasteiger partial charge in [0.15, 0.2) is 11.5 Å². The van der Waals surface area contributed by atoms with Crippen LogP contribution in [0.4, 0.5) is 0 Å². The van der Waals surface area contributed by atoms with Gasteiger partial charge in [-0.05, 0) is 23.3 Å². The molecule has 30 heavy (non-hydrogen) atoms. The molecule has 1 N–H and O–H groups in total. The number of para-hydroxylation sites is 1. The molecule has 0 spiro atoms. The monoisotopic (exact) mass is 407 g/mol. The second kappa shape index (κ2) is 11.9. The van der Waals surface area contributed by atoms with Crippen LogP contribution in [0.25, 0.3) is 0 Å². The van der Waals surface area contributed by atoms with Crippen LogP contribution in [0, 0.1) is 0 Å². The zero-order valence-corrected chi connectivity index (χ0v) is 17.5. The molecule has 0 bridgehead atoms. The Hall–Kier alpha value is -3.02. The molecule has 0 aliphatic carbocycles. The van der Waals surface area contributed by atoms with Gasteiger partial charge in [-0.25, -0.2) is 0 Å². The summed E-state index contributed by atoms with van der Waals surface area (Å²) in [6.45, 7) is 2.50. The molecular weight excluding hydrogens is 378 g/mol. The van der Waals surface area contributed by atoms with Crippen LogP contribution in [0.3, 0.4) is 0 Å². The Bertz CT molecular complexity index is 809. The summed E-state index contributed by atoms with van der Waals surface area (Å²) in [6, 6.07) is 26.2. The molecule has 0 saturated carbocycles. The van der Waals surface area contributed by atoms with E-state index >= 15 is 0 Å². The standard InChI is InChI=1S/C25H29NO4/c1-27-22-14-9-15-23(28-2)25(22)30-19-17-26-16-18-29-24(20-10-5-3-6-11-20)21-12-7-4-8-13-21/h3-15,24,26H,16-19H2,1-2H3. The summed E-state index contributed by atoms with van der Waals surface area (Å²) in [6.07, 6.45) is -0.0803. The van der Waals surface area contributed by atoms with E-state index in [1.54, 1.807) is 14.2 Å². The minimum absolute atomic E-state index is 0.0803. The highest BCUT2D eigenvalue weighted by Crippen LogP contribution is 2.36. The number of hydrogen-bond acceptors (Lipinski definition) is 5. The van der Waals surface area contributed by atoms with Crippen molar-refractivity contribution in [2.75, 3.05) is 40.5 Å². The molecule has 0 saturated heterocycles. The van der Waals surface area contributed by atoms with Gasteiger partial charge in [-0.2, -0.15) is 0 Å². The molecule has 5 nitrogen and oxygen atoms in total. The fourth-order valence-electron chi connectivity index (χ4n) is 3.20. The molecule has 5 heteroatoms. The van der Waals surface area contributed by atoms with E-state index in [4.69, 9.17) is 18.9 Å². The third kappa shape index (κ3) is 5.99. The molecule has 3 aromatic rings. The fraction of sp³-hybridized carbons (Fsp3) is 0.280. The van der Waals surface area contributed by atoms with E-state index in [0.29, 0.717) is 37.0 Å². The summed E-state index contributed by atoms with van der Waals surface area (Å²) < 4.78 is 22.8. The number of methoxy groups -OCH3 is 2. The van der Waals surface area contributed by atoms with Crippen molar-refractivity contribution in [3.63, 3.8) is 0 Å². The lowest BCUT2D eigenvalue weighted by Gasteiger charge is -2.19. The number of hydrogen-bond donors (Lipinski definition) is 1. The molecule has 0 aliphatic rings. The van der Waals surface area contributed by atoms with Crippen LogP contribution in [0.2, 0.25) is 0 Å².